The zero-order valence-electron chi connectivity index (χ0n) is 15.2. The van der Waals surface area contributed by atoms with Gasteiger partial charge < -0.3 is 20.3 Å². The van der Waals surface area contributed by atoms with Crippen molar-refractivity contribution in [2.75, 3.05) is 36.5 Å². The molecule has 2 amide bonds. The number of carbonyl (C=O) groups is 2. The summed E-state index contributed by atoms with van der Waals surface area (Å²) in [4.78, 5) is 45.7. The second-order valence-corrected chi connectivity index (χ2v) is 6.77. The van der Waals surface area contributed by atoms with E-state index in [0.717, 1.165) is 5.56 Å². The summed E-state index contributed by atoms with van der Waals surface area (Å²) in [6.07, 6.45) is 0.0880. The van der Waals surface area contributed by atoms with Crippen LogP contribution in [0.3, 0.4) is 0 Å². The average molecular weight is 383 g/mol. The predicted molar refractivity (Wildman–Crippen MR) is 102 cm³/mol. The number of nitrogens with one attached hydrogen (secondary N) is 3. The molecule has 3 heterocycles. The number of rotatable bonds is 4. The van der Waals surface area contributed by atoms with Crippen LogP contribution in [-0.4, -0.2) is 48.1 Å². The molecule has 2 aromatic rings. The normalized spacial score (nSPS) is 18.9. The van der Waals surface area contributed by atoms with Crippen molar-refractivity contribution >= 4 is 23.5 Å². The lowest BCUT2D eigenvalue weighted by molar-refractivity contribution is -0.126. The Labute approximate surface area is 161 Å². The number of aromatic nitrogens is 2. The van der Waals surface area contributed by atoms with Crippen LogP contribution in [-0.2, 0) is 20.9 Å². The number of para-hydroxylation sites is 1. The number of benzene rings is 1. The Balaban J connectivity index is 1.47. The minimum absolute atomic E-state index is 0.0880. The largest absolute Gasteiger partial charge is 0.378 e. The number of amides is 2. The Bertz CT molecular complexity index is 951. The molecule has 0 aliphatic carbocycles. The molecule has 9 nitrogen and oxygen atoms in total. The Hall–Kier alpha value is -3.20. The van der Waals surface area contributed by atoms with Gasteiger partial charge in [0.1, 0.15) is 0 Å². The van der Waals surface area contributed by atoms with Crippen molar-refractivity contribution in [2.45, 2.75) is 18.9 Å². The first kappa shape index (κ1) is 18.2. The van der Waals surface area contributed by atoms with Crippen LogP contribution >= 0.6 is 0 Å². The molecule has 0 unspecified atom stereocenters. The van der Waals surface area contributed by atoms with Gasteiger partial charge in [-0.2, -0.15) is 0 Å². The lowest BCUT2D eigenvalue weighted by Crippen LogP contribution is -2.39. The number of anilines is 2. The fourth-order valence-corrected chi connectivity index (χ4v) is 3.46. The summed E-state index contributed by atoms with van der Waals surface area (Å²) in [5, 5.41) is 5.59. The molecule has 0 saturated carbocycles. The highest BCUT2D eigenvalue weighted by Gasteiger charge is 2.30. The van der Waals surface area contributed by atoms with E-state index in [2.05, 4.69) is 20.6 Å². The van der Waals surface area contributed by atoms with Crippen molar-refractivity contribution in [3.05, 3.63) is 51.9 Å². The highest BCUT2D eigenvalue weighted by molar-refractivity contribution is 6.01. The van der Waals surface area contributed by atoms with E-state index < -0.39 is 5.92 Å². The van der Waals surface area contributed by atoms with E-state index in [-0.39, 0.29) is 30.3 Å². The van der Waals surface area contributed by atoms with Gasteiger partial charge in [0, 0.05) is 31.3 Å². The monoisotopic (exact) mass is 383 g/mol. The third-order valence-corrected chi connectivity index (χ3v) is 4.85. The van der Waals surface area contributed by atoms with Crippen LogP contribution in [0.4, 0.5) is 11.6 Å². The first-order valence-electron chi connectivity index (χ1n) is 9.19. The van der Waals surface area contributed by atoms with Crippen LogP contribution in [0.15, 0.2) is 35.1 Å². The van der Waals surface area contributed by atoms with Crippen LogP contribution in [0.1, 0.15) is 23.6 Å². The molecule has 0 spiro atoms. The lowest BCUT2D eigenvalue weighted by atomic mass is 9.90. The van der Waals surface area contributed by atoms with Crippen LogP contribution in [0.2, 0.25) is 0 Å². The molecule has 1 fully saturated rings. The first-order chi connectivity index (χ1) is 13.6. The van der Waals surface area contributed by atoms with Crippen molar-refractivity contribution in [1.29, 1.82) is 0 Å². The molecule has 146 valence electrons. The topological polar surface area (TPSA) is 116 Å². The number of morpholine rings is 1. The van der Waals surface area contributed by atoms with Crippen molar-refractivity contribution in [2.24, 2.45) is 0 Å². The van der Waals surface area contributed by atoms with Crippen LogP contribution in [0.5, 0.6) is 0 Å². The molecule has 4 rings (SSSR count). The minimum atomic E-state index is -0.564. The standard InChI is InChI=1S/C19H21N5O4/c25-16-9-12(21-19(23-16)24-5-7-28-8-6-24)11-20-18(27)14-10-17(26)22-15-4-2-1-3-13(14)15/h1-4,9,14H,5-8,10-11H2,(H,20,27)(H,22,26)(H,21,23,25)/t14-/m0/s1. The van der Waals surface area contributed by atoms with Gasteiger partial charge >= 0.3 is 0 Å². The zero-order valence-corrected chi connectivity index (χ0v) is 15.2. The molecule has 1 aromatic carbocycles. The molecular weight excluding hydrogens is 362 g/mol. The lowest BCUT2D eigenvalue weighted by Gasteiger charge is -2.27. The maximum atomic E-state index is 12.7. The first-order valence-corrected chi connectivity index (χ1v) is 9.19. The summed E-state index contributed by atoms with van der Waals surface area (Å²) in [5.74, 6) is -0.548. The highest BCUT2D eigenvalue weighted by Crippen LogP contribution is 2.32. The second kappa shape index (κ2) is 7.81. The van der Waals surface area contributed by atoms with Gasteiger partial charge in [0.2, 0.25) is 17.8 Å². The molecule has 9 heteroatoms. The van der Waals surface area contributed by atoms with E-state index in [1.165, 1.54) is 6.07 Å². The van der Waals surface area contributed by atoms with Gasteiger partial charge in [-0.3, -0.25) is 19.4 Å². The van der Waals surface area contributed by atoms with Gasteiger partial charge in [-0.15, -0.1) is 0 Å². The molecule has 1 saturated heterocycles. The molecule has 28 heavy (non-hydrogen) atoms. The van der Waals surface area contributed by atoms with Crippen LogP contribution in [0, 0.1) is 0 Å². The van der Waals surface area contributed by atoms with Crippen LogP contribution < -0.4 is 21.1 Å². The number of aromatic amines is 1. The molecule has 2 aliphatic rings. The van der Waals surface area contributed by atoms with Gasteiger partial charge in [-0.05, 0) is 11.6 Å². The summed E-state index contributed by atoms with van der Waals surface area (Å²) in [7, 11) is 0. The number of fused-ring (bicyclic) bond motifs is 1. The van der Waals surface area contributed by atoms with Gasteiger partial charge in [-0.25, -0.2) is 4.98 Å². The van der Waals surface area contributed by atoms with E-state index in [4.69, 9.17) is 4.74 Å². The number of nitrogens with zero attached hydrogens (tertiary/aromatic N) is 2. The van der Waals surface area contributed by atoms with Crippen molar-refractivity contribution in [1.82, 2.24) is 15.3 Å². The van der Waals surface area contributed by atoms with Crippen molar-refractivity contribution in [3.63, 3.8) is 0 Å². The molecule has 0 bridgehead atoms. The zero-order chi connectivity index (χ0) is 19.5. The minimum Gasteiger partial charge on any atom is -0.378 e. The number of hydrogen-bond acceptors (Lipinski definition) is 6. The van der Waals surface area contributed by atoms with E-state index in [1.807, 2.05) is 23.1 Å². The number of H-pyrrole nitrogens is 1. The number of ether oxygens (including phenoxy) is 1. The molecule has 1 atom stereocenters. The van der Waals surface area contributed by atoms with Gasteiger partial charge in [0.05, 0.1) is 31.4 Å². The molecule has 1 aromatic heterocycles. The van der Waals surface area contributed by atoms with Gasteiger partial charge in [-0.1, -0.05) is 18.2 Å². The summed E-state index contributed by atoms with van der Waals surface area (Å²) >= 11 is 0. The summed E-state index contributed by atoms with van der Waals surface area (Å²) in [5.41, 5.74) is 1.63. The predicted octanol–water partition coefficient (Wildman–Crippen LogP) is 0.349. The fourth-order valence-electron chi connectivity index (χ4n) is 3.46. The fraction of sp³-hybridized carbons (Fsp3) is 0.368. The molecular formula is C19H21N5O4. The van der Waals surface area contributed by atoms with Crippen molar-refractivity contribution < 1.29 is 14.3 Å². The summed E-state index contributed by atoms with van der Waals surface area (Å²) < 4.78 is 5.31. The van der Waals surface area contributed by atoms with Crippen LogP contribution in [0.25, 0.3) is 0 Å². The average Bonchev–Trinajstić information content (AvgIpc) is 2.71. The number of hydrogen-bond donors (Lipinski definition) is 3. The molecule has 0 radical (unpaired) electrons. The van der Waals surface area contributed by atoms with E-state index >= 15 is 0 Å². The summed E-state index contributed by atoms with van der Waals surface area (Å²) in [6.45, 7) is 2.56. The van der Waals surface area contributed by atoms with E-state index in [1.54, 1.807) is 6.07 Å². The third-order valence-electron chi connectivity index (χ3n) is 4.85. The van der Waals surface area contributed by atoms with Gasteiger partial charge in [0.25, 0.3) is 5.56 Å². The third kappa shape index (κ3) is 3.89. The smallest absolute Gasteiger partial charge is 0.252 e. The van der Waals surface area contributed by atoms with Gasteiger partial charge in [0.15, 0.2) is 0 Å². The Morgan fingerprint density at radius 1 is 1.25 bits per heavy atom. The SMILES string of the molecule is O=C1C[C@H](C(=O)NCc2cc(=O)[nH]c(N3CCOCC3)n2)c2ccccc2N1. The Morgan fingerprint density at radius 2 is 2.04 bits per heavy atom. The van der Waals surface area contributed by atoms with Crippen molar-refractivity contribution in [3.8, 4) is 0 Å². The van der Waals surface area contributed by atoms with E-state index in [0.29, 0.717) is 43.6 Å². The Morgan fingerprint density at radius 3 is 2.86 bits per heavy atom. The maximum Gasteiger partial charge on any atom is 0.252 e. The number of carbonyl (C=O) groups excluding carboxylic acids is 2. The summed E-state index contributed by atoms with van der Waals surface area (Å²) in [6, 6.07) is 8.63. The molecule has 3 N–H and O–H groups in total. The second-order valence-electron chi connectivity index (χ2n) is 6.77. The maximum absolute atomic E-state index is 12.7. The highest BCUT2D eigenvalue weighted by atomic mass is 16.5. The molecule has 2 aliphatic heterocycles. The van der Waals surface area contributed by atoms with E-state index in [9.17, 15) is 14.4 Å². The Kier molecular flexibility index (Phi) is 5.07. The quantitative estimate of drug-likeness (QED) is 0.702.